The number of ether oxygens (including phenoxy) is 2. The number of hydrogen-bond donors (Lipinski definition) is 3. The first-order chi connectivity index (χ1) is 21.0. The van der Waals surface area contributed by atoms with Crippen LogP contribution in [0.4, 0.5) is 23.2 Å². The van der Waals surface area contributed by atoms with Crippen LogP contribution in [-0.2, 0) is 9.59 Å². The quantitative estimate of drug-likeness (QED) is 0.212. The summed E-state index contributed by atoms with van der Waals surface area (Å²) in [5.41, 5.74) is 7.86. The minimum absolute atomic E-state index is 0.0314. The molecule has 236 valence electrons. The number of methoxy groups -OCH3 is 1. The van der Waals surface area contributed by atoms with Gasteiger partial charge in [-0.05, 0) is 80.6 Å². The average molecular weight is 635 g/mol. The Kier molecular flexibility index (Phi) is 10.6. The molecular formula is C31H34F4N4O4S. The van der Waals surface area contributed by atoms with E-state index in [0.29, 0.717) is 34.8 Å². The molecule has 1 aromatic heterocycles. The third kappa shape index (κ3) is 7.74. The van der Waals surface area contributed by atoms with E-state index in [4.69, 9.17) is 14.3 Å². The lowest BCUT2D eigenvalue weighted by atomic mass is 9.92. The molecule has 0 spiro atoms. The van der Waals surface area contributed by atoms with E-state index in [2.05, 4.69) is 47.3 Å². The molecule has 4 N–H and O–H groups in total. The number of nitrogens with one attached hydrogen (secondary N) is 2. The second-order valence-corrected chi connectivity index (χ2v) is 12.0. The van der Waals surface area contributed by atoms with Crippen LogP contribution in [0.2, 0.25) is 0 Å². The van der Waals surface area contributed by atoms with E-state index in [1.807, 2.05) is 11.8 Å². The molecule has 2 aliphatic heterocycles. The molecule has 0 saturated heterocycles. The predicted molar refractivity (Wildman–Crippen MR) is 160 cm³/mol. The van der Waals surface area contributed by atoms with Gasteiger partial charge in [0, 0.05) is 28.5 Å². The molecule has 3 aliphatic rings. The SMILES string of the molecule is COc1cc(C)cc2c1NC(C)S2.NC=O.O=CNCC(c1cc2c(c(-c3ccc(F)cc3)n1)OCC2C1CC1)C(F)(F)F. The van der Waals surface area contributed by atoms with E-state index in [0.717, 1.165) is 24.3 Å². The number of anilines is 1. The lowest BCUT2D eigenvalue weighted by Gasteiger charge is -2.21. The van der Waals surface area contributed by atoms with Gasteiger partial charge in [0.2, 0.25) is 12.8 Å². The fraction of sp³-hybridized carbons (Fsp3) is 0.387. The Morgan fingerprint density at radius 1 is 1.20 bits per heavy atom. The number of hydrogen-bond acceptors (Lipinski definition) is 7. The van der Waals surface area contributed by atoms with E-state index in [9.17, 15) is 22.4 Å². The summed E-state index contributed by atoms with van der Waals surface area (Å²) in [7, 11) is 1.71. The van der Waals surface area contributed by atoms with Crippen LogP contribution in [0.25, 0.3) is 11.3 Å². The van der Waals surface area contributed by atoms with Gasteiger partial charge in [-0.3, -0.25) is 9.59 Å². The Bertz CT molecular complexity index is 1470. The molecule has 13 heteroatoms. The van der Waals surface area contributed by atoms with Crippen molar-refractivity contribution in [1.29, 1.82) is 0 Å². The Morgan fingerprint density at radius 2 is 1.89 bits per heavy atom. The molecule has 1 fully saturated rings. The zero-order valence-electron chi connectivity index (χ0n) is 24.4. The van der Waals surface area contributed by atoms with E-state index < -0.39 is 24.5 Å². The van der Waals surface area contributed by atoms with Crippen molar-refractivity contribution < 1.29 is 36.6 Å². The molecule has 1 saturated carbocycles. The minimum Gasteiger partial charge on any atom is -0.495 e. The van der Waals surface area contributed by atoms with E-state index in [-0.39, 0.29) is 30.1 Å². The second kappa shape index (κ2) is 14.2. The van der Waals surface area contributed by atoms with Gasteiger partial charge >= 0.3 is 6.18 Å². The number of primary amides is 1. The maximum atomic E-state index is 13.7. The number of carbonyl (C=O) groups excluding carboxylic acids is 2. The highest BCUT2D eigenvalue weighted by Crippen LogP contribution is 2.52. The number of nitrogens with two attached hydrogens (primary N) is 1. The number of rotatable bonds is 7. The smallest absolute Gasteiger partial charge is 0.398 e. The highest BCUT2D eigenvalue weighted by atomic mass is 32.2. The molecular weight excluding hydrogens is 600 g/mol. The number of fused-ring (bicyclic) bond motifs is 2. The zero-order chi connectivity index (χ0) is 32.0. The van der Waals surface area contributed by atoms with Crippen molar-refractivity contribution in [2.24, 2.45) is 11.7 Å². The third-order valence-corrected chi connectivity index (χ3v) is 8.42. The summed E-state index contributed by atoms with van der Waals surface area (Å²) < 4.78 is 65.4. The molecule has 6 rings (SSSR count). The molecule has 3 atom stereocenters. The first kappa shape index (κ1) is 32.9. The summed E-state index contributed by atoms with van der Waals surface area (Å²) in [6.07, 6.45) is -2.05. The van der Waals surface area contributed by atoms with Crippen LogP contribution in [0.1, 0.15) is 48.4 Å². The number of nitrogens with zero attached hydrogens (tertiary/aromatic N) is 1. The van der Waals surface area contributed by atoms with Gasteiger partial charge in [0.1, 0.15) is 28.9 Å². The van der Waals surface area contributed by atoms with Crippen molar-refractivity contribution in [2.45, 2.75) is 55.0 Å². The second-order valence-electron chi connectivity index (χ2n) is 10.6. The van der Waals surface area contributed by atoms with Crippen LogP contribution in [0.5, 0.6) is 11.5 Å². The summed E-state index contributed by atoms with van der Waals surface area (Å²) >= 11 is 1.84. The summed E-state index contributed by atoms with van der Waals surface area (Å²) in [6.45, 7) is 4.05. The molecule has 3 aromatic rings. The number of amides is 2. The van der Waals surface area contributed by atoms with Crippen molar-refractivity contribution in [3.8, 4) is 22.8 Å². The van der Waals surface area contributed by atoms with Crippen molar-refractivity contribution in [1.82, 2.24) is 10.3 Å². The maximum Gasteiger partial charge on any atom is 0.398 e. The Balaban J connectivity index is 0.000000229. The van der Waals surface area contributed by atoms with Gasteiger partial charge in [0.15, 0.2) is 0 Å². The van der Waals surface area contributed by atoms with Gasteiger partial charge in [-0.2, -0.15) is 13.2 Å². The monoisotopic (exact) mass is 634 g/mol. The molecule has 0 radical (unpaired) electrons. The van der Waals surface area contributed by atoms with Gasteiger partial charge in [-0.1, -0.05) is 11.8 Å². The first-order valence-electron chi connectivity index (χ1n) is 13.9. The number of carbonyl (C=O) groups is 2. The molecule has 0 bridgehead atoms. The molecule has 2 amide bonds. The number of alkyl halides is 3. The molecule has 44 heavy (non-hydrogen) atoms. The zero-order valence-corrected chi connectivity index (χ0v) is 25.2. The molecule has 2 aromatic carbocycles. The van der Waals surface area contributed by atoms with Gasteiger partial charge in [-0.25, -0.2) is 9.37 Å². The number of pyridine rings is 1. The summed E-state index contributed by atoms with van der Waals surface area (Å²) in [4.78, 5) is 24.7. The lowest BCUT2D eigenvalue weighted by molar-refractivity contribution is -0.150. The van der Waals surface area contributed by atoms with E-state index >= 15 is 0 Å². The van der Waals surface area contributed by atoms with Crippen molar-refractivity contribution >= 4 is 30.3 Å². The normalized spacial score (nSPS) is 18.5. The van der Waals surface area contributed by atoms with Gasteiger partial charge in [0.05, 0.1) is 30.5 Å². The fourth-order valence-corrected chi connectivity index (χ4v) is 6.32. The molecule has 1 aliphatic carbocycles. The highest BCUT2D eigenvalue weighted by molar-refractivity contribution is 8.00. The first-order valence-corrected chi connectivity index (χ1v) is 14.8. The Morgan fingerprint density at radius 3 is 2.48 bits per heavy atom. The topological polar surface area (TPSA) is 116 Å². The minimum atomic E-state index is -4.58. The van der Waals surface area contributed by atoms with Gasteiger partial charge < -0.3 is 25.8 Å². The summed E-state index contributed by atoms with van der Waals surface area (Å²) in [5.74, 6) is -0.540. The third-order valence-electron chi connectivity index (χ3n) is 7.38. The van der Waals surface area contributed by atoms with Crippen LogP contribution in [-0.4, -0.2) is 49.6 Å². The number of halogens is 4. The number of aromatic nitrogens is 1. The number of benzene rings is 2. The van der Waals surface area contributed by atoms with Crippen molar-refractivity contribution in [3.05, 3.63) is 65.1 Å². The van der Waals surface area contributed by atoms with Gasteiger partial charge in [0.25, 0.3) is 0 Å². The number of thioether (sulfide) groups is 1. The fourth-order valence-electron chi connectivity index (χ4n) is 5.23. The maximum absolute atomic E-state index is 13.7. The van der Waals surface area contributed by atoms with Crippen LogP contribution in [0, 0.1) is 18.7 Å². The largest absolute Gasteiger partial charge is 0.495 e. The van der Waals surface area contributed by atoms with Crippen LogP contribution in [0.15, 0.2) is 47.4 Å². The standard InChI is InChI=1S/C20H18F4N2O2.C10H13NOS.CH3NO/c21-13-5-3-12(4-6-13)18-19-14(15(9-28-19)11-1-2-11)7-17(26-18)16(8-25-10-27)20(22,23)24;1-6-4-8(12-3)10-9(5-6)13-7(2)11-10;2-1-3/h3-7,10-11,15-16H,1-2,8-9H2,(H,25,27);4-5,7,11H,1-3H3;1H,(H2,2,3). The van der Waals surface area contributed by atoms with E-state index in [1.54, 1.807) is 7.11 Å². The molecule has 3 unspecified atom stereocenters. The summed E-state index contributed by atoms with van der Waals surface area (Å²) in [5, 5.41) is 5.94. The Hall–Kier alpha value is -4.00. The predicted octanol–water partition coefficient (Wildman–Crippen LogP) is 6.13. The molecule has 8 nitrogen and oxygen atoms in total. The van der Waals surface area contributed by atoms with Crippen LogP contribution < -0.4 is 25.8 Å². The lowest BCUT2D eigenvalue weighted by Crippen LogP contribution is -2.32. The average Bonchev–Trinajstić information content (AvgIpc) is 3.61. The summed E-state index contributed by atoms with van der Waals surface area (Å²) in [6, 6.07) is 11.1. The molecule has 3 heterocycles. The number of aryl methyl sites for hydroxylation is 1. The van der Waals surface area contributed by atoms with Crippen LogP contribution >= 0.6 is 11.8 Å². The van der Waals surface area contributed by atoms with Crippen LogP contribution in [0.3, 0.4) is 0 Å². The van der Waals surface area contributed by atoms with E-state index in [1.165, 1.54) is 40.8 Å². The highest BCUT2D eigenvalue weighted by Gasteiger charge is 2.44. The Labute approximate surface area is 257 Å². The van der Waals surface area contributed by atoms with Crippen molar-refractivity contribution in [3.63, 3.8) is 0 Å². The van der Waals surface area contributed by atoms with Crippen molar-refractivity contribution in [2.75, 3.05) is 25.6 Å². The van der Waals surface area contributed by atoms with Gasteiger partial charge in [-0.15, -0.1) is 0 Å².